The molecule has 4 rings (SSSR count). The van der Waals surface area contributed by atoms with Crippen LogP contribution in [0, 0.1) is 11.7 Å². The number of nitrogens with zero attached hydrogens (tertiary/aromatic N) is 2. The summed E-state index contributed by atoms with van der Waals surface area (Å²) in [5, 5.41) is 4.34. The molecular weight excluding hydrogens is 605 g/mol. The minimum Gasteiger partial charge on any atom is -0.460 e. The molecule has 0 aliphatic carbocycles. The molecule has 1 heterocycles. The van der Waals surface area contributed by atoms with Gasteiger partial charge in [0, 0.05) is 11.6 Å². The number of sulfonamides is 1. The zero-order valence-corrected chi connectivity index (χ0v) is 28.9. The number of aromatic nitrogens is 2. The molecule has 1 aromatic heterocycles. The highest BCUT2D eigenvalue weighted by atomic mass is 32.2. The van der Waals surface area contributed by atoms with E-state index in [0.29, 0.717) is 5.56 Å². The molecule has 0 aliphatic rings. The molecule has 0 bridgehead atoms. The fourth-order valence-electron chi connectivity index (χ4n) is 3.99. The lowest BCUT2D eigenvalue weighted by Crippen LogP contribution is -2.30. The van der Waals surface area contributed by atoms with Gasteiger partial charge in [-0.25, -0.2) is 22.2 Å². The predicted molar refractivity (Wildman–Crippen MR) is 182 cm³/mol. The molecule has 0 fully saturated rings. The fourth-order valence-corrected chi connectivity index (χ4v) is 5.27. The molecule has 0 atom stereocenters. The first kappa shape index (κ1) is 38.0. The van der Waals surface area contributed by atoms with Crippen LogP contribution in [0.2, 0.25) is 0 Å². The molecule has 0 aliphatic heterocycles. The van der Waals surface area contributed by atoms with Crippen LogP contribution in [0.25, 0.3) is 22.3 Å². The van der Waals surface area contributed by atoms with Gasteiger partial charge in [-0.3, -0.25) is 9.59 Å². The highest BCUT2D eigenvalue weighted by Gasteiger charge is 2.19. The van der Waals surface area contributed by atoms with Crippen molar-refractivity contribution in [1.82, 2.24) is 14.5 Å². The summed E-state index contributed by atoms with van der Waals surface area (Å²) in [4.78, 5) is 23.8. The normalized spacial score (nSPS) is 11.4. The van der Waals surface area contributed by atoms with Gasteiger partial charge in [-0.1, -0.05) is 80.6 Å². The Morgan fingerprint density at radius 3 is 1.83 bits per heavy atom. The second-order valence-electron chi connectivity index (χ2n) is 12.4. The molecule has 8 nitrogen and oxygen atoms in total. The molecule has 248 valence electrons. The van der Waals surface area contributed by atoms with Crippen LogP contribution in [0.15, 0.2) is 101 Å². The summed E-state index contributed by atoms with van der Waals surface area (Å²) in [5.74, 6) is -0.719. The van der Waals surface area contributed by atoms with E-state index in [2.05, 4.69) is 9.82 Å². The second-order valence-corrected chi connectivity index (χ2v) is 14.1. The molecule has 0 radical (unpaired) electrons. The van der Waals surface area contributed by atoms with Crippen LogP contribution in [0.4, 0.5) is 4.39 Å². The summed E-state index contributed by atoms with van der Waals surface area (Å²) in [7, 11) is -3.57. The number of halogens is 1. The van der Waals surface area contributed by atoms with Crippen molar-refractivity contribution in [3.05, 3.63) is 107 Å². The van der Waals surface area contributed by atoms with Gasteiger partial charge >= 0.3 is 5.97 Å². The van der Waals surface area contributed by atoms with E-state index in [4.69, 9.17) is 4.74 Å². The Kier molecular flexibility index (Phi) is 14.0. The molecule has 46 heavy (non-hydrogen) atoms. The topological polar surface area (TPSA) is 107 Å². The van der Waals surface area contributed by atoms with Gasteiger partial charge in [-0.15, -0.1) is 0 Å². The van der Waals surface area contributed by atoms with Crippen molar-refractivity contribution in [2.75, 3.05) is 0 Å². The van der Waals surface area contributed by atoms with E-state index >= 15 is 0 Å². The van der Waals surface area contributed by atoms with Crippen molar-refractivity contribution >= 4 is 16.0 Å². The monoisotopic (exact) mass is 651 g/mol. The highest BCUT2D eigenvalue weighted by Crippen LogP contribution is 2.28. The van der Waals surface area contributed by atoms with Crippen LogP contribution >= 0.6 is 0 Å². The Labute approximate surface area is 272 Å². The Morgan fingerprint density at radius 2 is 1.39 bits per heavy atom. The number of hydrogen-bond acceptors (Lipinski definition) is 6. The van der Waals surface area contributed by atoms with E-state index in [1.165, 1.54) is 22.9 Å². The predicted octanol–water partition coefficient (Wildman–Crippen LogP) is 7.65. The van der Waals surface area contributed by atoms with Gasteiger partial charge in [0.2, 0.25) is 10.0 Å². The quantitative estimate of drug-likeness (QED) is 0.206. The summed E-state index contributed by atoms with van der Waals surface area (Å²) < 4.78 is 44.7. The van der Waals surface area contributed by atoms with Crippen molar-refractivity contribution in [2.24, 2.45) is 5.92 Å². The molecule has 0 saturated carbocycles. The van der Waals surface area contributed by atoms with Crippen LogP contribution in [0.1, 0.15) is 68.4 Å². The largest absolute Gasteiger partial charge is 0.460 e. The molecule has 1 N–H and O–H groups in total. The molecular formula is C36H46FN3O5S. The number of carbonyl (C=O) groups excluding carboxylic acids is 1. The lowest BCUT2D eigenvalue weighted by atomic mass is 9.97. The van der Waals surface area contributed by atoms with Crippen molar-refractivity contribution < 1.29 is 22.3 Å². The number of ether oxygens (including phenoxy) is 1. The standard InChI is InChI=1S/C19H18N2O.C9H12FNO2S.C8H16O2/c1-14(2)21-19(22)18(16-11-7-4-8-12-16)17(13-20-21)15-9-5-3-6-10-15;1-7(2)11-14(12,13)9-5-3-4-8(10)6-9;1-6(2)7(9)10-8(3,4)5/h3-14H,1-2H3;3-7,11H,1-2H3;6H,1-5H3. The highest BCUT2D eigenvalue weighted by molar-refractivity contribution is 7.89. The summed E-state index contributed by atoms with van der Waals surface area (Å²) >= 11 is 0. The SMILES string of the molecule is CC(C)C(=O)OC(C)(C)C.CC(C)NS(=O)(=O)c1cccc(F)c1.CC(C)n1ncc(-c2ccccc2)c(-c2ccccc2)c1=O. The first-order valence-electron chi connectivity index (χ1n) is 15.2. The van der Waals surface area contributed by atoms with Crippen LogP contribution < -0.4 is 10.3 Å². The number of carbonyl (C=O) groups is 1. The Balaban J connectivity index is 0.000000264. The first-order chi connectivity index (χ1) is 21.4. The zero-order valence-electron chi connectivity index (χ0n) is 28.1. The molecule has 10 heteroatoms. The van der Waals surface area contributed by atoms with Crippen molar-refractivity contribution in [3.63, 3.8) is 0 Å². The van der Waals surface area contributed by atoms with E-state index in [0.717, 1.165) is 22.8 Å². The van der Waals surface area contributed by atoms with E-state index in [1.807, 2.05) is 109 Å². The summed E-state index contributed by atoms with van der Waals surface area (Å²) in [6, 6.07) is 24.4. The third kappa shape index (κ3) is 12.0. The second kappa shape index (κ2) is 17.0. The average Bonchev–Trinajstić information content (AvgIpc) is 2.97. The Bertz CT molecular complexity index is 1710. The summed E-state index contributed by atoms with van der Waals surface area (Å²) in [5.41, 5.74) is 3.10. The van der Waals surface area contributed by atoms with Crippen LogP contribution in [-0.4, -0.2) is 35.8 Å². The van der Waals surface area contributed by atoms with E-state index in [9.17, 15) is 22.4 Å². The van der Waals surface area contributed by atoms with E-state index in [1.54, 1.807) is 20.0 Å². The Hall–Kier alpha value is -4.15. The van der Waals surface area contributed by atoms with Gasteiger partial charge in [-0.05, 0) is 77.8 Å². The number of hydrogen-bond donors (Lipinski definition) is 1. The van der Waals surface area contributed by atoms with Crippen LogP contribution in [0.5, 0.6) is 0 Å². The molecule has 3 aromatic carbocycles. The van der Waals surface area contributed by atoms with Crippen molar-refractivity contribution in [3.8, 4) is 22.3 Å². The summed E-state index contributed by atoms with van der Waals surface area (Å²) in [6.07, 6.45) is 1.79. The number of rotatable bonds is 7. The fraction of sp³-hybridized carbons (Fsp3) is 0.361. The number of benzene rings is 3. The molecule has 0 amide bonds. The van der Waals surface area contributed by atoms with Gasteiger partial charge in [0.15, 0.2) is 0 Å². The van der Waals surface area contributed by atoms with Gasteiger partial charge in [0.1, 0.15) is 11.4 Å². The van der Waals surface area contributed by atoms with Crippen LogP contribution in [-0.2, 0) is 19.6 Å². The van der Waals surface area contributed by atoms with Crippen molar-refractivity contribution in [1.29, 1.82) is 0 Å². The minimum atomic E-state index is -3.57. The maximum absolute atomic E-state index is 12.9. The van der Waals surface area contributed by atoms with Gasteiger partial charge in [-0.2, -0.15) is 5.10 Å². The smallest absolute Gasteiger partial charge is 0.308 e. The lowest BCUT2D eigenvalue weighted by molar-refractivity contribution is -0.158. The minimum absolute atomic E-state index is 0.0276. The maximum Gasteiger partial charge on any atom is 0.308 e. The average molecular weight is 652 g/mol. The Morgan fingerprint density at radius 1 is 0.848 bits per heavy atom. The van der Waals surface area contributed by atoms with E-state index < -0.39 is 15.8 Å². The first-order valence-corrected chi connectivity index (χ1v) is 16.6. The molecule has 0 unspecified atom stereocenters. The third-order valence-electron chi connectivity index (χ3n) is 6.01. The summed E-state index contributed by atoms with van der Waals surface area (Å²) in [6.45, 7) is 16.6. The van der Waals surface area contributed by atoms with Gasteiger partial charge < -0.3 is 4.74 Å². The third-order valence-corrected chi connectivity index (χ3v) is 7.67. The van der Waals surface area contributed by atoms with Gasteiger partial charge in [0.05, 0.1) is 28.6 Å². The lowest BCUT2D eigenvalue weighted by Gasteiger charge is -2.20. The van der Waals surface area contributed by atoms with E-state index in [-0.39, 0.29) is 40.0 Å². The molecule has 4 aromatic rings. The van der Waals surface area contributed by atoms with Crippen LogP contribution in [0.3, 0.4) is 0 Å². The van der Waals surface area contributed by atoms with Crippen molar-refractivity contribution in [2.45, 2.75) is 84.9 Å². The zero-order chi connectivity index (χ0) is 34.7. The maximum atomic E-state index is 12.9. The molecule has 0 spiro atoms. The van der Waals surface area contributed by atoms with Gasteiger partial charge in [0.25, 0.3) is 5.56 Å². The molecule has 0 saturated heterocycles. The number of esters is 1. The number of nitrogens with one attached hydrogen (secondary N) is 1.